The highest BCUT2D eigenvalue weighted by atomic mass is 15.3. The topological polar surface area (TPSA) is 20.5 Å². The van der Waals surface area contributed by atoms with Gasteiger partial charge in [0, 0.05) is 25.3 Å². The summed E-state index contributed by atoms with van der Waals surface area (Å²) < 4.78 is 2.36. The van der Waals surface area contributed by atoms with E-state index < -0.39 is 0 Å². The van der Waals surface area contributed by atoms with Crippen LogP contribution in [0, 0.1) is 6.92 Å². The summed E-state index contributed by atoms with van der Waals surface area (Å²) in [5.41, 5.74) is 2.66. The van der Waals surface area contributed by atoms with Crippen molar-refractivity contribution >= 4 is 5.84 Å². The molecule has 0 aliphatic carbocycles. The van der Waals surface area contributed by atoms with E-state index in [4.69, 9.17) is 0 Å². The standard InChI is InChI=1S/C10H13N3/c1-8-2-3-9-10-11-4-5-12(10)6-7-13(8)9/h2-3H,4-7H2,1H3. The summed E-state index contributed by atoms with van der Waals surface area (Å²) in [7, 11) is 0. The molecule has 0 spiro atoms. The van der Waals surface area contributed by atoms with Crippen LogP contribution in [0.25, 0.3) is 0 Å². The molecule has 3 nitrogen and oxygen atoms in total. The van der Waals surface area contributed by atoms with Crippen molar-refractivity contribution in [1.82, 2.24) is 9.47 Å². The predicted octanol–water partition coefficient (Wildman–Crippen LogP) is 0.872. The summed E-state index contributed by atoms with van der Waals surface area (Å²) in [6.07, 6.45) is 0. The first kappa shape index (κ1) is 7.18. The fourth-order valence-electron chi connectivity index (χ4n) is 2.23. The summed E-state index contributed by atoms with van der Waals surface area (Å²) in [5, 5.41) is 0. The molecule has 3 heteroatoms. The Kier molecular flexibility index (Phi) is 1.31. The number of hydrogen-bond acceptors (Lipinski definition) is 2. The van der Waals surface area contributed by atoms with Crippen LogP contribution in [0.3, 0.4) is 0 Å². The molecule has 0 saturated carbocycles. The predicted molar refractivity (Wildman–Crippen MR) is 52.1 cm³/mol. The molecule has 0 N–H and O–H groups in total. The SMILES string of the molecule is Cc1ccc2n1CCN1CCN=C21. The Bertz CT molecular complexity index is 376. The molecular formula is C10H13N3. The molecule has 0 aromatic carbocycles. The zero-order chi connectivity index (χ0) is 8.84. The van der Waals surface area contributed by atoms with Crippen molar-refractivity contribution < 1.29 is 0 Å². The molecule has 0 amide bonds. The lowest BCUT2D eigenvalue weighted by Crippen LogP contribution is -2.38. The first-order valence-corrected chi connectivity index (χ1v) is 4.82. The Labute approximate surface area is 77.7 Å². The van der Waals surface area contributed by atoms with Crippen LogP contribution in [0.2, 0.25) is 0 Å². The zero-order valence-electron chi connectivity index (χ0n) is 7.82. The van der Waals surface area contributed by atoms with Crippen molar-refractivity contribution in [2.45, 2.75) is 13.5 Å². The molecule has 68 valence electrons. The molecule has 0 saturated heterocycles. The van der Waals surface area contributed by atoms with Crippen LogP contribution in [-0.2, 0) is 6.54 Å². The van der Waals surface area contributed by atoms with E-state index in [-0.39, 0.29) is 0 Å². The Balaban J connectivity index is 2.16. The fourth-order valence-corrected chi connectivity index (χ4v) is 2.23. The number of nitrogens with zero attached hydrogens (tertiary/aromatic N) is 3. The molecule has 0 radical (unpaired) electrons. The third kappa shape index (κ3) is 0.870. The van der Waals surface area contributed by atoms with Crippen LogP contribution in [0.4, 0.5) is 0 Å². The van der Waals surface area contributed by atoms with Gasteiger partial charge in [-0.1, -0.05) is 0 Å². The molecular weight excluding hydrogens is 162 g/mol. The van der Waals surface area contributed by atoms with Gasteiger partial charge >= 0.3 is 0 Å². The number of rotatable bonds is 0. The van der Waals surface area contributed by atoms with Crippen LogP contribution >= 0.6 is 0 Å². The Morgan fingerprint density at radius 2 is 2.15 bits per heavy atom. The van der Waals surface area contributed by atoms with E-state index in [1.165, 1.54) is 17.2 Å². The fraction of sp³-hybridized carbons (Fsp3) is 0.500. The molecule has 0 bridgehead atoms. The molecule has 0 fully saturated rings. The number of amidine groups is 1. The summed E-state index contributed by atoms with van der Waals surface area (Å²) in [6.45, 7) is 6.49. The second-order valence-corrected chi connectivity index (χ2v) is 3.70. The van der Waals surface area contributed by atoms with Gasteiger partial charge < -0.3 is 9.47 Å². The van der Waals surface area contributed by atoms with Crippen LogP contribution < -0.4 is 0 Å². The maximum absolute atomic E-state index is 4.53. The van der Waals surface area contributed by atoms with E-state index in [0.717, 1.165) is 26.2 Å². The van der Waals surface area contributed by atoms with E-state index in [9.17, 15) is 0 Å². The Hall–Kier alpha value is -1.25. The van der Waals surface area contributed by atoms with Gasteiger partial charge in [0.1, 0.15) is 5.84 Å². The van der Waals surface area contributed by atoms with E-state index in [1.54, 1.807) is 0 Å². The van der Waals surface area contributed by atoms with E-state index in [1.807, 2.05) is 0 Å². The van der Waals surface area contributed by atoms with Gasteiger partial charge in [0.15, 0.2) is 0 Å². The average Bonchev–Trinajstić information content (AvgIpc) is 2.70. The van der Waals surface area contributed by atoms with Gasteiger partial charge in [0.2, 0.25) is 0 Å². The van der Waals surface area contributed by atoms with Crippen molar-refractivity contribution in [3.8, 4) is 0 Å². The van der Waals surface area contributed by atoms with Crippen LogP contribution in [0.5, 0.6) is 0 Å². The lowest BCUT2D eigenvalue weighted by molar-refractivity contribution is 0.401. The van der Waals surface area contributed by atoms with Gasteiger partial charge in [0.25, 0.3) is 0 Å². The van der Waals surface area contributed by atoms with Crippen molar-refractivity contribution in [2.24, 2.45) is 4.99 Å². The largest absolute Gasteiger partial charge is 0.352 e. The first-order valence-electron chi connectivity index (χ1n) is 4.82. The summed E-state index contributed by atoms with van der Waals surface area (Å²) in [4.78, 5) is 6.92. The molecule has 3 rings (SSSR count). The Morgan fingerprint density at radius 1 is 1.23 bits per heavy atom. The van der Waals surface area contributed by atoms with E-state index in [0.29, 0.717) is 0 Å². The number of aryl methyl sites for hydroxylation is 1. The second-order valence-electron chi connectivity index (χ2n) is 3.70. The highest BCUT2D eigenvalue weighted by molar-refractivity contribution is 5.99. The highest BCUT2D eigenvalue weighted by Crippen LogP contribution is 2.19. The smallest absolute Gasteiger partial charge is 0.148 e. The lowest BCUT2D eigenvalue weighted by atomic mass is 10.3. The minimum absolute atomic E-state index is 0.972. The van der Waals surface area contributed by atoms with Gasteiger partial charge in [-0.3, -0.25) is 4.99 Å². The molecule has 13 heavy (non-hydrogen) atoms. The van der Waals surface area contributed by atoms with Crippen LogP contribution in [0.1, 0.15) is 11.4 Å². The van der Waals surface area contributed by atoms with Crippen molar-refractivity contribution in [1.29, 1.82) is 0 Å². The van der Waals surface area contributed by atoms with E-state index in [2.05, 4.69) is 33.5 Å². The van der Waals surface area contributed by atoms with Crippen molar-refractivity contribution in [2.75, 3.05) is 19.6 Å². The molecule has 3 heterocycles. The molecule has 2 aliphatic rings. The van der Waals surface area contributed by atoms with E-state index >= 15 is 0 Å². The van der Waals surface area contributed by atoms with Crippen molar-refractivity contribution in [3.05, 3.63) is 23.5 Å². The van der Waals surface area contributed by atoms with Gasteiger partial charge in [-0.2, -0.15) is 0 Å². The van der Waals surface area contributed by atoms with Gasteiger partial charge in [-0.25, -0.2) is 0 Å². The van der Waals surface area contributed by atoms with Crippen LogP contribution in [-0.4, -0.2) is 34.9 Å². The molecule has 1 aromatic heterocycles. The monoisotopic (exact) mass is 175 g/mol. The lowest BCUT2D eigenvalue weighted by Gasteiger charge is -2.27. The Morgan fingerprint density at radius 3 is 3.08 bits per heavy atom. The van der Waals surface area contributed by atoms with Crippen LogP contribution in [0.15, 0.2) is 17.1 Å². The molecule has 1 aromatic rings. The third-order valence-corrected chi connectivity index (χ3v) is 2.95. The average molecular weight is 175 g/mol. The zero-order valence-corrected chi connectivity index (χ0v) is 7.82. The normalized spacial score (nSPS) is 19.8. The van der Waals surface area contributed by atoms with Gasteiger partial charge in [-0.05, 0) is 19.1 Å². The minimum atomic E-state index is 0.972. The molecule has 2 aliphatic heterocycles. The first-order chi connectivity index (χ1) is 6.36. The summed E-state index contributed by atoms with van der Waals surface area (Å²) >= 11 is 0. The number of hydrogen-bond donors (Lipinski definition) is 0. The number of fused-ring (bicyclic) bond motifs is 3. The number of aliphatic imine (C=N–C) groups is 1. The highest BCUT2D eigenvalue weighted by Gasteiger charge is 2.25. The maximum atomic E-state index is 4.53. The molecule has 0 unspecified atom stereocenters. The third-order valence-electron chi connectivity index (χ3n) is 2.95. The quantitative estimate of drug-likeness (QED) is 0.573. The number of aromatic nitrogens is 1. The maximum Gasteiger partial charge on any atom is 0.148 e. The second kappa shape index (κ2) is 2.37. The minimum Gasteiger partial charge on any atom is -0.352 e. The van der Waals surface area contributed by atoms with Gasteiger partial charge in [-0.15, -0.1) is 0 Å². The molecule has 0 atom stereocenters. The summed E-state index contributed by atoms with van der Waals surface area (Å²) in [6, 6.07) is 4.37. The summed E-state index contributed by atoms with van der Waals surface area (Å²) in [5.74, 6) is 1.21. The van der Waals surface area contributed by atoms with Crippen molar-refractivity contribution in [3.63, 3.8) is 0 Å². The van der Waals surface area contributed by atoms with Gasteiger partial charge in [0.05, 0.1) is 12.2 Å².